The Hall–Kier alpha value is -2.22. The largest absolute Gasteiger partial charge is 0.481 e. The maximum atomic E-state index is 12.1. The minimum absolute atomic E-state index is 0.323. The number of aromatic nitrogens is 2. The molecule has 1 saturated heterocycles. The van der Waals surface area contributed by atoms with Crippen molar-refractivity contribution in [2.75, 3.05) is 31.1 Å². The molecule has 7 nitrogen and oxygen atoms in total. The average molecular weight is 334 g/mol. The maximum absolute atomic E-state index is 12.1. The van der Waals surface area contributed by atoms with E-state index in [1.807, 2.05) is 6.92 Å². The van der Waals surface area contributed by atoms with Gasteiger partial charge in [0.25, 0.3) is 0 Å². The second-order valence-corrected chi connectivity index (χ2v) is 6.88. The molecule has 0 radical (unpaired) electrons. The molecule has 0 spiro atoms. The summed E-state index contributed by atoms with van der Waals surface area (Å²) in [4.78, 5) is 37.6. The number of rotatable bonds is 3. The number of nitrogens with zero attached hydrogens (tertiary/aromatic N) is 4. The molecule has 1 amide bonds. The van der Waals surface area contributed by atoms with Gasteiger partial charge in [-0.3, -0.25) is 9.59 Å². The number of piperazine rings is 1. The summed E-state index contributed by atoms with van der Waals surface area (Å²) in [5.41, 5.74) is 0. The second kappa shape index (κ2) is 6.11. The molecule has 0 saturated carbocycles. The molecule has 3 rings (SSSR count). The summed E-state index contributed by atoms with van der Waals surface area (Å²) >= 11 is 1.64. The number of fused-ring (bicyclic) bond motifs is 1. The van der Waals surface area contributed by atoms with Crippen molar-refractivity contribution >= 4 is 39.2 Å². The quantitative estimate of drug-likeness (QED) is 0.853. The van der Waals surface area contributed by atoms with Crippen LogP contribution in [0.25, 0.3) is 10.2 Å². The van der Waals surface area contributed by atoms with Gasteiger partial charge in [-0.25, -0.2) is 9.97 Å². The van der Waals surface area contributed by atoms with Crippen molar-refractivity contribution in [3.8, 4) is 0 Å². The van der Waals surface area contributed by atoms with E-state index in [1.165, 1.54) is 11.8 Å². The van der Waals surface area contributed by atoms with Crippen LogP contribution in [0, 0.1) is 12.8 Å². The number of anilines is 1. The van der Waals surface area contributed by atoms with Crippen molar-refractivity contribution in [1.82, 2.24) is 14.9 Å². The smallest absolute Gasteiger partial charge is 0.315 e. The Morgan fingerprint density at radius 1 is 1.26 bits per heavy atom. The van der Waals surface area contributed by atoms with Gasteiger partial charge < -0.3 is 14.9 Å². The highest BCUT2D eigenvalue weighted by molar-refractivity contribution is 7.18. The van der Waals surface area contributed by atoms with Crippen LogP contribution in [0.3, 0.4) is 0 Å². The van der Waals surface area contributed by atoms with E-state index < -0.39 is 11.9 Å². The number of aryl methyl sites for hydroxylation is 1. The van der Waals surface area contributed by atoms with Crippen LogP contribution in [0.1, 0.15) is 11.8 Å². The lowest BCUT2D eigenvalue weighted by molar-refractivity contribution is -0.150. The van der Waals surface area contributed by atoms with Gasteiger partial charge in [-0.2, -0.15) is 0 Å². The standard InChI is InChI=1S/C15H18N4O3S/c1-9-7-11-12(16-8-17-13(11)23-9)18-3-5-19(6-4-18)14(20)10(2)15(21)22/h7-8,10H,3-6H2,1-2H3,(H,21,22). The molecule has 1 fully saturated rings. The number of carbonyl (C=O) groups is 2. The van der Waals surface area contributed by atoms with Crippen molar-refractivity contribution in [2.24, 2.45) is 5.92 Å². The molecule has 0 aromatic carbocycles. The normalized spacial score (nSPS) is 16.6. The zero-order chi connectivity index (χ0) is 16.6. The van der Waals surface area contributed by atoms with Crippen LogP contribution >= 0.6 is 11.3 Å². The summed E-state index contributed by atoms with van der Waals surface area (Å²) in [7, 11) is 0. The minimum Gasteiger partial charge on any atom is -0.481 e. The first-order chi connectivity index (χ1) is 11.0. The molecule has 2 aromatic heterocycles. The Morgan fingerprint density at radius 3 is 2.61 bits per heavy atom. The SMILES string of the molecule is Cc1cc2c(N3CCN(C(=O)C(C)C(=O)O)CC3)ncnc2s1. The number of carboxylic acids is 1. The molecule has 1 atom stereocenters. The lowest BCUT2D eigenvalue weighted by Gasteiger charge is -2.36. The maximum Gasteiger partial charge on any atom is 0.315 e. The fourth-order valence-electron chi connectivity index (χ4n) is 2.73. The van der Waals surface area contributed by atoms with Gasteiger partial charge in [-0.05, 0) is 19.9 Å². The van der Waals surface area contributed by atoms with Gasteiger partial charge in [-0.15, -0.1) is 11.3 Å². The van der Waals surface area contributed by atoms with Gasteiger partial charge in [-0.1, -0.05) is 0 Å². The van der Waals surface area contributed by atoms with Crippen LogP contribution in [0.15, 0.2) is 12.4 Å². The van der Waals surface area contributed by atoms with E-state index in [0.29, 0.717) is 26.2 Å². The summed E-state index contributed by atoms with van der Waals surface area (Å²) in [5.74, 6) is -1.51. The van der Waals surface area contributed by atoms with Gasteiger partial charge in [0.05, 0.1) is 5.39 Å². The fourth-order valence-corrected chi connectivity index (χ4v) is 3.58. The molecule has 0 bridgehead atoms. The fraction of sp³-hybridized carbons (Fsp3) is 0.467. The Balaban J connectivity index is 1.73. The Bertz CT molecular complexity index is 752. The van der Waals surface area contributed by atoms with Gasteiger partial charge >= 0.3 is 5.97 Å². The topological polar surface area (TPSA) is 86.6 Å². The van der Waals surface area contributed by atoms with Crippen LogP contribution in [0.2, 0.25) is 0 Å². The van der Waals surface area contributed by atoms with Crippen molar-refractivity contribution in [3.05, 3.63) is 17.3 Å². The van der Waals surface area contributed by atoms with E-state index in [0.717, 1.165) is 16.0 Å². The first-order valence-electron chi connectivity index (χ1n) is 7.45. The molecule has 23 heavy (non-hydrogen) atoms. The summed E-state index contributed by atoms with van der Waals surface area (Å²) in [6.45, 7) is 5.76. The van der Waals surface area contributed by atoms with Crippen molar-refractivity contribution in [2.45, 2.75) is 13.8 Å². The van der Waals surface area contributed by atoms with Crippen LogP contribution in [-0.4, -0.2) is 58.0 Å². The molecular formula is C15H18N4O3S. The highest BCUT2D eigenvalue weighted by Gasteiger charge is 2.29. The lowest BCUT2D eigenvalue weighted by Crippen LogP contribution is -2.51. The molecule has 122 valence electrons. The summed E-state index contributed by atoms with van der Waals surface area (Å²) in [5, 5.41) is 10.00. The van der Waals surface area contributed by atoms with Crippen molar-refractivity contribution in [1.29, 1.82) is 0 Å². The molecule has 2 aromatic rings. The number of carbonyl (C=O) groups excluding carboxylic acids is 1. The number of thiophene rings is 1. The molecular weight excluding hydrogens is 316 g/mol. The first-order valence-corrected chi connectivity index (χ1v) is 8.26. The predicted octanol–water partition coefficient (Wildman–Crippen LogP) is 1.37. The van der Waals surface area contributed by atoms with Gasteiger partial charge in [0.1, 0.15) is 22.9 Å². The van der Waals surface area contributed by atoms with Gasteiger partial charge in [0, 0.05) is 31.1 Å². The predicted molar refractivity (Wildman–Crippen MR) is 87.7 cm³/mol. The molecule has 1 aliphatic heterocycles. The van der Waals surface area contributed by atoms with Crippen LogP contribution in [-0.2, 0) is 9.59 Å². The zero-order valence-corrected chi connectivity index (χ0v) is 13.8. The van der Waals surface area contributed by atoms with Crippen molar-refractivity contribution < 1.29 is 14.7 Å². The molecule has 3 heterocycles. The Kier molecular flexibility index (Phi) is 4.16. The summed E-state index contributed by atoms with van der Waals surface area (Å²) in [6.07, 6.45) is 1.57. The molecule has 8 heteroatoms. The van der Waals surface area contributed by atoms with E-state index >= 15 is 0 Å². The van der Waals surface area contributed by atoms with Crippen LogP contribution in [0.5, 0.6) is 0 Å². The van der Waals surface area contributed by atoms with Crippen LogP contribution in [0.4, 0.5) is 5.82 Å². The highest BCUT2D eigenvalue weighted by atomic mass is 32.1. The first kappa shape index (κ1) is 15.7. The summed E-state index contributed by atoms with van der Waals surface area (Å²) in [6, 6.07) is 2.08. The van der Waals surface area contributed by atoms with E-state index in [1.54, 1.807) is 22.6 Å². The zero-order valence-electron chi connectivity index (χ0n) is 13.0. The third-order valence-corrected chi connectivity index (χ3v) is 5.02. The number of aliphatic carboxylic acids is 1. The number of amides is 1. The summed E-state index contributed by atoms with van der Waals surface area (Å²) < 4.78 is 0. The van der Waals surface area contributed by atoms with E-state index in [9.17, 15) is 9.59 Å². The monoisotopic (exact) mass is 334 g/mol. The third kappa shape index (κ3) is 2.98. The van der Waals surface area contributed by atoms with E-state index in [-0.39, 0.29) is 5.91 Å². The van der Waals surface area contributed by atoms with E-state index in [2.05, 4.69) is 20.9 Å². The third-order valence-electron chi connectivity index (χ3n) is 4.06. The van der Waals surface area contributed by atoms with Gasteiger partial charge in [0.15, 0.2) is 0 Å². The molecule has 0 aliphatic carbocycles. The number of carboxylic acid groups (broad SMARTS) is 1. The van der Waals surface area contributed by atoms with E-state index in [4.69, 9.17) is 5.11 Å². The number of hydrogen-bond donors (Lipinski definition) is 1. The van der Waals surface area contributed by atoms with Crippen molar-refractivity contribution in [3.63, 3.8) is 0 Å². The second-order valence-electron chi connectivity index (χ2n) is 5.65. The minimum atomic E-state index is -1.08. The molecule has 1 aliphatic rings. The Morgan fingerprint density at radius 2 is 1.96 bits per heavy atom. The van der Waals surface area contributed by atoms with Gasteiger partial charge in [0.2, 0.25) is 5.91 Å². The highest BCUT2D eigenvalue weighted by Crippen LogP contribution is 2.30. The molecule has 1 unspecified atom stereocenters. The lowest BCUT2D eigenvalue weighted by atomic mass is 10.1. The average Bonchev–Trinajstić information content (AvgIpc) is 2.93. The number of hydrogen-bond acceptors (Lipinski definition) is 6. The van der Waals surface area contributed by atoms with Crippen LogP contribution < -0.4 is 4.90 Å². The molecule has 1 N–H and O–H groups in total. The Labute approximate surface area is 137 Å².